The van der Waals surface area contributed by atoms with Gasteiger partial charge in [0.15, 0.2) is 0 Å². The molecule has 112 valence electrons. The Bertz CT molecular complexity index is 432. The van der Waals surface area contributed by atoms with Crippen molar-refractivity contribution in [2.75, 3.05) is 0 Å². The lowest BCUT2D eigenvalue weighted by molar-refractivity contribution is -0.123. The fourth-order valence-electron chi connectivity index (χ4n) is 2.19. The van der Waals surface area contributed by atoms with Gasteiger partial charge in [-0.2, -0.15) is 0 Å². The molecule has 2 atom stereocenters. The van der Waals surface area contributed by atoms with Gasteiger partial charge in [-0.05, 0) is 38.3 Å². The number of hydrogen-bond donors (Lipinski definition) is 2. The molecular weight excluding hydrogens is 316 g/mol. The van der Waals surface area contributed by atoms with E-state index in [0.717, 1.165) is 22.9 Å². The smallest absolute Gasteiger partial charge is 0.237 e. The molecule has 0 aliphatic rings. The fraction of sp³-hybridized carbons (Fsp3) is 0.562. The minimum Gasteiger partial charge on any atom is -0.352 e. The number of nitrogens with one attached hydrogen (secondary N) is 2. The van der Waals surface area contributed by atoms with Gasteiger partial charge in [0.1, 0.15) is 0 Å². The minimum absolute atomic E-state index is 0.0672. The maximum atomic E-state index is 12.1. The number of halogens is 1. The summed E-state index contributed by atoms with van der Waals surface area (Å²) < 4.78 is 1.06. The van der Waals surface area contributed by atoms with Gasteiger partial charge < -0.3 is 5.32 Å². The van der Waals surface area contributed by atoms with Crippen LogP contribution in [0.15, 0.2) is 28.7 Å². The maximum absolute atomic E-state index is 12.1. The topological polar surface area (TPSA) is 41.1 Å². The molecule has 20 heavy (non-hydrogen) atoms. The Morgan fingerprint density at radius 3 is 2.35 bits per heavy atom. The molecule has 0 saturated heterocycles. The summed E-state index contributed by atoms with van der Waals surface area (Å²) in [6, 6.07) is 8.25. The Labute approximate surface area is 130 Å². The van der Waals surface area contributed by atoms with Crippen LogP contribution in [0.2, 0.25) is 0 Å². The van der Waals surface area contributed by atoms with Gasteiger partial charge in [-0.25, -0.2) is 0 Å². The zero-order valence-electron chi connectivity index (χ0n) is 12.7. The van der Waals surface area contributed by atoms with Crippen LogP contribution in [0.1, 0.15) is 52.1 Å². The second kappa shape index (κ2) is 8.42. The van der Waals surface area contributed by atoms with Crippen molar-refractivity contribution in [2.24, 2.45) is 0 Å². The van der Waals surface area contributed by atoms with E-state index in [4.69, 9.17) is 0 Å². The third-order valence-electron chi connectivity index (χ3n) is 3.60. The van der Waals surface area contributed by atoms with Crippen molar-refractivity contribution in [1.82, 2.24) is 10.6 Å². The van der Waals surface area contributed by atoms with E-state index in [9.17, 15) is 4.79 Å². The van der Waals surface area contributed by atoms with E-state index >= 15 is 0 Å². The zero-order valence-corrected chi connectivity index (χ0v) is 14.3. The maximum Gasteiger partial charge on any atom is 0.237 e. The lowest BCUT2D eigenvalue weighted by Gasteiger charge is -2.23. The van der Waals surface area contributed by atoms with Crippen molar-refractivity contribution >= 4 is 21.8 Å². The number of rotatable bonds is 7. The van der Waals surface area contributed by atoms with Gasteiger partial charge in [0.25, 0.3) is 0 Å². The monoisotopic (exact) mass is 340 g/mol. The summed E-state index contributed by atoms with van der Waals surface area (Å²) in [6.45, 7) is 8.17. The lowest BCUT2D eigenvalue weighted by Crippen LogP contribution is -2.46. The quantitative estimate of drug-likeness (QED) is 0.792. The molecule has 0 heterocycles. The summed E-state index contributed by atoms with van der Waals surface area (Å²) >= 11 is 3.55. The van der Waals surface area contributed by atoms with E-state index in [1.807, 2.05) is 25.1 Å². The van der Waals surface area contributed by atoms with Crippen molar-refractivity contribution in [2.45, 2.75) is 58.7 Å². The van der Waals surface area contributed by atoms with E-state index < -0.39 is 0 Å². The van der Waals surface area contributed by atoms with Crippen molar-refractivity contribution in [3.8, 4) is 0 Å². The van der Waals surface area contributed by atoms with Crippen LogP contribution >= 0.6 is 15.9 Å². The Hall–Kier alpha value is -0.870. The normalized spacial score (nSPS) is 14.1. The molecule has 1 aromatic rings. The van der Waals surface area contributed by atoms with Crippen LogP contribution in [0.5, 0.6) is 0 Å². The van der Waals surface area contributed by atoms with Crippen LogP contribution in [-0.2, 0) is 4.79 Å². The molecule has 0 aliphatic carbocycles. The molecule has 1 rings (SSSR count). The highest BCUT2D eigenvalue weighted by molar-refractivity contribution is 9.10. The first-order valence-electron chi connectivity index (χ1n) is 7.30. The Morgan fingerprint density at radius 2 is 1.80 bits per heavy atom. The average molecular weight is 341 g/mol. The Kier molecular flexibility index (Phi) is 7.24. The molecule has 1 amide bonds. The Balaban J connectivity index is 2.59. The molecule has 0 aliphatic heterocycles. The predicted molar refractivity (Wildman–Crippen MR) is 87.7 cm³/mol. The third kappa shape index (κ3) is 4.91. The zero-order chi connectivity index (χ0) is 15.1. The molecule has 4 heteroatoms. The van der Waals surface area contributed by atoms with Gasteiger partial charge in [-0.3, -0.25) is 10.1 Å². The predicted octanol–water partition coefficient (Wildman–Crippen LogP) is 3.79. The largest absolute Gasteiger partial charge is 0.352 e. The molecule has 1 aromatic carbocycles. The first-order valence-corrected chi connectivity index (χ1v) is 8.09. The molecule has 3 nitrogen and oxygen atoms in total. The van der Waals surface area contributed by atoms with Crippen molar-refractivity contribution in [3.05, 3.63) is 34.3 Å². The minimum atomic E-state index is -0.210. The van der Waals surface area contributed by atoms with Gasteiger partial charge >= 0.3 is 0 Å². The molecule has 1 unspecified atom stereocenters. The molecule has 0 radical (unpaired) electrons. The number of carbonyl (C=O) groups is 1. The second-order valence-corrected chi connectivity index (χ2v) is 6.01. The van der Waals surface area contributed by atoms with Crippen LogP contribution in [0.3, 0.4) is 0 Å². The van der Waals surface area contributed by atoms with Gasteiger partial charge in [0.2, 0.25) is 5.91 Å². The van der Waals surface area contributed by atoms with Crippen molar-refractivity contribution < 1.29 is 4.79 Å². The highest BCUT2D eigenvalue weighted by Gasteiger charge is 2.19. The summed E-state index contributed by atoms with van der Waals surface area (Å²) in [6.07, 6.45) is 1.93. The number of carbonyl (C=O) groups excluding carboxylic acids is 1. The summed E-state index contributed by atoms with van der Waals surface area (Å²) in [4.78, 5) is 12.1. The van der Waals surface area contributed by atoms with Crippen LogP contribution in [0.25, 0.3) is 0 Å². The lowest BCUT2D eigenvalue weighted by atomic mass is 10.1. The molecule has 0 aromatic heterocycles. The van der Waals surface area contributed by atoms with Gasteiger partial charge in [-0.15, -0.1) is 0 Å². The first-order chi connectivity index (χ1) is 9.49. The average Bonchev–Trinajstić information content (AvgIpc) is 2.44. The second-order valence-electron chi connectivity index (χ2n) is 5.15. The number of hydrogen-bond acceptors (Lipinski definition) is 2. The van der Waals surface area contributed by atoms with Crippen molar-refractivity contribution in [3.63, 3.8) is 0 Å². The molecular formula is C16H25BrN2O. The standard InChI is InChI=1S/C16H25BrN2O/c1-5-13(6-2)19-16(20)12(4)18-11(3)14-9-7-8-10-15(14)17/h7-13,18H,5-6H2,1-4H3,(H,19,20)/t11-,12?/m1/s1. The molecule has 0 fully saturated rings. The van der Waals surface area contributed by atoms with E-state index in [-0.39, 0.29) is 24.0 Å². The summed E-state index contributed by atoms with van der Waals surface area (Å²) in [7, 11) is 0. The van der Waals surface area contributed by atoms with Crippen LogP contribution in [0, 0.1) is 0 Å². The summed E-state index contributed by atoms with van der Waals surface area (Å²) in [5.74, 6) is 0.0672. The number of benzene rings is 1. The Morgan fingerprint density at radius 1 is 1.20 bits per heavy atom. The van der Waals surface area contributed by atoms with E-state index in [1.54, 1.807) is 0 Å². The van der Waals surface area contributed by atoms with Gasteiger partial charge in [0.05, 0.1) is 6.04 Å². The summed E-state index contributed by atoms with van der Waals surface area (Å²) in [5, 5.41) is 6.42. The highest BCUT2D eigenvalue weighted by atomic mass is 79.9. The van der Waals surface area contributed by atoms with E-state index in [0.29, 0.717) is 0 Å². The first kappa shape index (κ1) is 17.2. The van der Waals surface area contributed by atoms with E-state index in [2.05, 4.69) is 53.4 Å². The molecule has 0 bridgehead atoms. The molecule has 0 spiro atoms. The third-order valence-corrected chi connectivity index (χ3v) is 4.32. The molecule has 0 saturated carbocycles. The van der Waals surface area contributed by atoms with E-state index in [1.165, 1.54) is 0 Å². The van der Waals surface area contributed by atoms with Gasteiger partial charge in [-0.1, -0.05) is 48.0 Å². The SMILES string of the molecule is CCC(CC)NC(=O)C(C)N[C@H](C)c1ccccc1Br. The van der Waals surface area contributed by atoms with Crippen molar-refractivity contribution in [1.29, 1.82) is 0 Å². The fourth-order valence-corrected chi connectivity index (χ4v) is 2.81. The van der Waals surface area contributed by atoms with Crippen LogP contribution < -0.4 is 10.6 Å². The summed E-state index contributed by atoms with van der Waals surface area (Å²) in [5.41, 5.74) is 1.16. The van der Waals surface area contributed by atoms with Crippen LogP contribution in [0.4, 0.5) is 0 Å². The number of amides is 1. The highest BCUT2D eigenvalue weighted by Crippen LogP contribution is 2.23. The van der Waals surface area contributed by atoms with Gasteiger partial charge in [0, 0.05) is 16.6 Å². The molecule has 2 N–H and O–H groups in total. The van der Waals surface area contributed by atoms with Crippen LogP contribution in [-0.4, -0.2) is 18.0 Å².